The van der Waals surface area contributed by atoms with Gasteiger partial charge in [0.1, 0.15) is 5.25 Å². The summed E-state index contributed by atoms with van der Waals surface area (Å²) in [7, 11) is 1.56. The van der Waals surface area contributed by atoms with Crippen molar-refractivity contribution >= 4 is 51.9 Å². The van der Waals surface area contributed by atoms with Crippen LogP contribution in [0.1, 0.15) is 35.2 Å². The van der Waals surface area contributed by atoms with Gasteiger partial charge in [-0.05, 0) is 56.2 Å². The summed E-state index contributed by atoms with van der Waals surface area (Å²) in [6, 6.07) is 13.9. The minimum Gasteiger partial charge on any atom is -0.351 e. The molecule has 2 aromatic rings. The topological polar surface area (TPSA) is 111 Å². The van der Waals surface area contributed by atoms with E-state index in [-0.39, 0.29) is 36.6 Å². The Kier molecular flexibility index (Phi) is 8.04. The molecule has 2 N–H and O–H groups in total. The maximum Gasteiger partial charge on any atom is 0.262 e. The first-order chi connectivity index (χ1) is 17.3. The number of hydrogen-bond acceptors (Lipinski definition) is 6. The number of nitrogens with zero attached hydrogens (tertiary/aromatic N) is 3. The van der Waals surface area contributed by atoms with Gasteiger partial charge in [-0.25, -0.2) is 0 Å². The maximum absolute atomic E-state index is 12.7. The van der Waals surface area contributed by atoms with E-state index >= 15 is 0 Å². The first-order valence-electron chi connectivity index (χ1n) is 11.8. The van der Waals surface area contributed by atoms with E-state index in [1.54, 1.807) is 31.3 Å². The van der Waals surface area contributed by atoms with Gasteiger partial charge in [-0.2, -0.15) is 4.99 Å². The molecule has 1 atom stereocenters. The fourth-order valence-electron chi connectivity index (χ4n) is 3.97. The third-order valence-corrected chi connectivity index (χ3v) is 7.17. The number of rotatable bonds is 7. The quantitative estimate of drug-likeness (QED) is 0.596. The van der Waals surface area contributed by atoms with E-state index in [1.165, 1.54) is 16.7 Å². The number of aryl methyl sites for hydroxylation is 1. The lowest BCUT2D eigenvalue weighted by molar-refractivity contribution is -0.121. The molecule has 9 nitrogen and oxygen atoms in total. The second-order valence-corrected chi connectivity index (χ2v) is 10.1. The number of hydrogen-bond donors (Lipinski definition) is 2. The summed E-state index contributed by atoms with van der Waals surface area (Å²) in [5, 5.41) is 5.75. The van der Waals surface area contributed by atoms with Crippen molar-refractivity contribution in [2.75, 3.05) is 37.3 Å². The van der Waals surface area contributed by atoms with Crippen LogP contribution in [-0.2, 0) is 14.4 Å². The van der Waals surface area contributed by atoms with Crippen LogP contribution in [0.15, 0.2) is 53.5 Å². The zero-order chi connectivity index (χ0) is 25.7. The van der Waals surface area contributed by atoms with Crippen LogP contribution in [0.5, 0.6) is 0 Å². The average Bonchev–Trinajstić information content (AvgIpc) is 3.51. The lowest BCUT2D eigenvalue weighted by atomic mass is 10.1. The minimum atomic E-state index is -0.513. The highest BCUT2D eigenvalue weighted by molar-refractivity contribution is 8.15. The first-order valence-corrected chi connectivity index (χ1v) is 12.7. The molecule has 0 aromatic heterocycles. The van der Waals surface area contributed by atoms with E-state index < -0.39 is 5.25 Å². The summed E-state index contributed by atoms with van der Waals surface area (Å²) in [5.74, 6) is -1.17. The highest BCUT2D eigenvalue weighted by Gasteiger charge is 2.33. The number of thioether (sulfide) groups is 1. The molecular formula is C26H29N5O4S. The molecule has 4 amide bonds. The smallest absolute Gasteiger partial charge is 0.262 e. The van der Waals surface area contributed by atoms with Crippen LogP contribution < -0.4 is 10.6 Å². The van der Waals surface area contributed by atoms with Gasteiger partial charge in [0.15, 0.2) is 5.17 Å². The van der Waals surface area contributed by atoms with Crippen LogP contribution in [0.2, 0.25) is 0 Å². The molecule has 4 rings (SSSR count). The number of likely N-dealkylation sites (tertiary alicyclic amines) is 1. The third-order valence-electron chi connectivity index (χ3n) is 5.95. The minimum absolute atomic E-state index is 0.0316. The van der Waals surface area contributed by atoms with Crippen molar-refractivity contribution < 1.29 is 19.2 Å². The summed E-state index contributed by atoms with van der Waals surface area (Å²) in [4.78, 5) is 57.3. The van der Waals surface area contributed by atoms with Crippen LogP contribution in [0.25, 0.3) is 0 Å². The Bertz CT molecular complexity index is 1170. The Labute approximate surface area is 214 Å². The molecular weight excluding hydrogens is 478 g/mol. The van der Waals surface area contributed by atoms with Gasteiger partial charge in [-0.1, -0.05) is 29.5 Å². The molecule has 2 aliphatic heterocycles. The molecule has 2 aromatic carbocycles. The molecule has 36 heavy (non-hydrogen) atoms. The van der Waals surface area contributed by atoms with E-state index in [2.05, 4.69) is 20.5 Å². The van der Waals surface area contributed by atoms with Crippen LogP contribution in [0, 0.1) is 6.92 Å². The third kappa shape index (κ3) is 6.51. The fraction of sp³-hybridized carbons (Fsp3) is 0.346. The Morgan fingerprint density at radius 1 is 0.972 bits per heavy atom. The monoisotopic (exact) mass is 507 g/mol. The predicted molar refractivity (Wildman–Crippen MR) is 141 cm³/mol. The standard InChI is InChI=1S/C26H29N5O4S/c1-17-5-9-19(10-6-17)28-23(33)16-30(2)25(35)18-7-11-20(12-8-18)27-22(32)15-21-24(34)29-26(36-21)31-13-3-4-14-31/h5-12,21H,3-4,13-16H2,1-2H3,(H,27,32)(H,28,33)/t21-/m0/s1. The number of benzene rings is 2. The Morgan fingerprint density at radius 2 is 1.56 bits per heavy atom. The normalized spacial score (nSPS) is 17.1. The molecule has 0 saturated carbocycles. The first kappa shape index (κ1) is 25.4. The molecule has 0 unspecified atom stereocenters. The number of carbonyl (C=O) groups excluding carboxylic acids is 4. The molecule has 2 heterocycles. The Hall–Kier alpha value is -3.66. The van der Waals surface area contributed by atoms with Gasteiger partial charge in [0.05, 0.1) is 6.54 Å². The molecule has 0 radical (unpaired) electrons. The summed E-state index contributed by atoms with van der Waals surface area (Å²) < 4.78 is 0. The number of anilines is 2. The summed E-state index contributed by atoms with van der Waals surface area (Å²) in [6.07, 6.45) is 2.21. The van der Waals surface area contributed by atoms with Crippen molar-refractivity contribution in [3.8, 4) is 0 Å². The molecule has 1 saturated heterocycles. The van der Waals surface area contributed by atoms with Crippen LogP contribution >= 0.6 is 11.8 Å². The molecule has 0 aliphatic carbocycles. The highest BCUT2D eigenvalue weighted by Crippen LogP contribution is 2.29. The van der Waals surface area contributed by atoms with E-state index in [4.69, 9.17) is 0 Å². The molecule has 0 spiro atoms. The SMILES string of the molecule is Cc1ccc(NC(=O)CN(C)C(=O)c2ccc(NC(=O)C[C@@H]3SC(N4CCCC4)=NC3=O)cc2)cc1. The molecule has 10 heteroatoms. The van der Waals surface area contributed by atoms with E-state index in [0.717, 1.165) is 36.7 Å². The molecule has 188 valence electrons. The van der Waals surface area contributed by atoms with Crippen molar-refractivity contribution in [2.24, 2.45) is 4.99 Å². The van der Waals surface area contributed by atoms with E-state index in [0.29, 0.717) is 16.9 Å². The number of nitrogens with one attached hydrogen (secondary N) is 2. The number of amides is 4. The van der Waals surface area contributed by atoms with Crippen molar-refractivity contribution in [1.82, 2.24) is 9.80 Å². The summed E-state index contributed by atoms with van der Waals surface area (Å²) in [6.45, 7) is 3.66. The number of carbonyl (C=O) groups is 4. The zero-order valence-corrected chi connectivity index (χ0v) is 21.1. The van der Waals surface area contributed by atoms with Crippen LogP contribution in [0.3, 0.4) is 0 Å². The number of amidine groups is 1. The van der Waals surface area contributed by atoms with Gasteiger partial charge >= 0.3 is 0 Å². The van der Waals surface area contributed by atoms with Crippen molar-refractivity contribution in [3.05, 3.63) is 59.7 Å². The van der Waals surface area contributed by atoms with Gasteiger partial charge in [0, 0.05) is 43.5 Å². The fourth-order valence-corrected chi connectivity index (χ4v) is 5.09. The molecule has 0 bridgehead atoms. The van der Waals surface area contributed by atoms with Gasteiger partial charge in [-0.3, -0.25) is 19.2 Å². The van der Waals surface area contributed by atoms with Crippen molar-refractivity contribution in [1.29, 1.82) is 0 Å². The highest BCUT2D eigenvalue weighted by atomic mass is 32.2. The summed E-state index contributed by atoms with van der Waals surface area (Å²) in [5.41, 5.74) is 2.67. The molecule has 2 aliphatic rings. The average molecular weight is 508 g/mol. The van der Waals surface area contributed by atoms with Gasteiger partial charge in [-0.15, -0.1) is 0 Å². The van der Waals surface area contributed by atoms with Gasteiger partial charge in [0.25, 0.3) is 11.8 Å². The Balaban J connectivity index is 1.24. The van der Waals surface area contributed by atoms with Crippen molar-refractivity contribution in [3.63, 3.8) is 0 Å². The van der Waals surface area contributed by atoms with Crippen molar-refractivity contribution in [2.45, 2.75) is 31.4 Å². The zero-order valence-electron chi connectivity index (χ0n) is 20.3. The van der Waals surface area contributed by atoms with Gasteiger partial charge < -0.3 is 20.4 Å². The van der Waals surface area contributed by atoms with Crippen LogP contribution in [-0.4, -0.2) is 70.5 Å². The number of aliphatic imine (C=N–C) groups is 1. The summed E-state index contributed by atoms with van der Waals surface area (Å²) >= 11 is 1.35. The largest absolute Gasteiger partial charge is 0.351 e. The van der Waals surface area contributed by atoms with E-state index in [1.807, 2.05) is 31.2 Å². The maximum atomic E-state index is 12.7. The van der Waals surface area contributed by atoms with Gasteiger partial charge in [0.2, 0.25) is 11.8 Å². The second-order valence-electron chi connectivity index (χ2n) is 8.94. The number of likely N-dealkylation sites (N-methyl/N-ethyl adjacent to an activating group) is 1. The Morgan fingerprint density at radius 3 is 2.19 bits per heavy atom. The molecule has 1 fully saturated rings. The lowest BCUT2D eigenvalue weighted by Crippen LogP contribution is -2.34. The predicted octanol–water partition coefficient (Wildman–Crippen LogP) is 3.13. The van der Waals surface area contributed by atoms with E-state index in [9.17, 15) is 19.2 Å². The lowest BCUT2D eigenvalue weighted by Gasteiger charge is -2.17. The van der Waals surface area contributed by atoms with Crippen LogP contribution in [0.4, 0.5) is 11.4 Å². The second kappa shape index (κ2) is 11.4.